The standard InChI is InChI=1S/C42H28N2/c1-3-11-29(12-4-1)31-19-23-33(24-20-31)43-39-17-9-7-15-35(39)37-27-28-38-36-16-8-10-18-40(36)44(42(38)41(37)43)34-25-21-32(22-26-34)30-13-5-2-6-14-30/h1-28H. The van der Waals surface area contributed by atoms with Crippen LogP contribution in [0.25, 0.3) is 77.2 Å². The lowest BCUT2D eigenvalue weighted by molar-refractivity contribution is 1.15. The van der Waals surface area contributed by atoms with Crippen LogP contribution >= 0.6 is 0 Å². The molecule has 0 bridgehead atoms. The van der Waals surface area contributed by atoms with Crippen LogP contribution in [0.4, 0.5) is 0 Å². The number of para-hydroxylation sites is 2. The molecule has 0 radical (unpaired) electrons. The summed E-state index contributed by atoms with van der Waals surface area (Å²) in [6, 6.07) is 61.4. The van der Waals surface area contributed by atoms with Crippen LogP contribution < -0.4 is 0 Å². The molecule has 0 atom stereocenters. The van der Waals surface area contributed by atoms with Crippen molar-refractivity contribution in [3.8, 4) is 33.6 Å². The van der Waals surface area contributed by atoms with Gasteiger partial charge in [0.1, 0.15) is 0 Å². The van der Waals surface area contributed by atoms with Gasteiger partial charge in [0, 0.05) is 32.9 Å². The molecule has 0 aliphatic heterocycles. The van der Waals surface area contributed by atoms with Gasteiger partial charge in [0.15, 0.2) is 0 Å². The summed E-state index contributed by atoms with van der Waals surface area (Å²) in [7, 11) is 0. The highest BCUT2D eigenvalue weighted by molar-refractivity contribution is 6.23. The van der Waals surface area contributed by atoms with Crippen LogP contribution in [-0.4, -0.2) is 9.13 Å². The Morgan fingerprint density at radius 1 is 0.250 bits per heavy atom. The molecule has 0 spiro atoms. The van der Waals surface area contributed by atoms with Crippen molar-refractivity contribution in [1.82, 2.24) is 9.13 Å². The highest BCUT2D eigenvalue weighted by Crippen LogP contribution is 2.42. The number of aromatic nitrogens is 2. The fraction of sp³-hybridized carbons (Fsp3) is 0. The zero-order valence-corrected chi connectivity index (χ0v) is 24.1. The minimum absolute atomic E-state index is 1.15. The Balaban J connectivity index is 1.35. The quantitative estimate of drug-likeness (QED) is 0.203. The molecular weight excluding hydrogens is 532 g/mol. The number of hydrogen-bond acceptors (Lipinski definition) is 0. The van der Waals surface area contributed by atoms with Gasteiger partial charge in [0.2, 0.25) is 0 Å². The van der Waals surface area contributed by atoms with Crippen LogP contribution in [0.3, 0.4) is 0 Å². The maximum atomic E-state index is 2.45. The second kappa shape index (κ2) is 9.86. The van der Waals surface area contributed by atoms with Gasteiger partial charge in [0.25, 0.3) is 0 Å². The van der Waals surface area contributed by atoms with Gasteiger partial charge in [0.05, 0.1) is 22.1 Å². The van der Waals surface area contributed by atoms with E-state index < -0.39 is 0 Å². The zero-order valence-electron chi connectivity index (χ0n) is 24.1. The predicted molar refractivity (Wildman–Crippen MR) is 186 cm³/mol. The highest BCUT2D eigenvalue weighted by Gasteiger charge is 2.21. The van der Waals surface area contributed by atoms with E-state index in [1.807, 2.05) is 0 Å². The molecule has 0 saturated heterocycles. The molecule has 0 aliphatic carbocycles. The van der Waals surface area contributed by atoms with Crippen molar-refractivity contribution in [3.05, 3.63) is 170 Å². The molecule has 2 heteroatoms. The maximum Gasteiger partial charge on any atom is 0.0788 e. The van der Waals surface area contributed by atoms with Crippen molar-refractivity contribution in [2.75, 3.05) is 0 Å². The Bertz CT molecular complexity index is 2270. The first kappa shape index (κ1) is 24.7. The average molecular weight is 561 g/mol. The molecule has 9 aromatic rings. The van der Waals surface area contributed by atoms with Gasteiger partial charge < -0.3 is 9.13 Å². The lowest BCUT2D eigenvalue weighted by Crippen LogP contribution is -1.98. The summed E-state index contributed by atoms with van der Waals surface area (Å²) in [5.41, 5.74) is 12.0. The van der Waals surface area contributed by atoms with E-state index in [1.165, 1.54) is 65.9 Å². The summed E-state index contributed by atoms with van der Waals surface area (Å²) in [6.45, 7) is 0. The molecule has 0 unspecified atom stereocenters. The molecule has 0 aliphatic rings. The van der Waals surface area contributed by atoms with Gasteiger partial charge in [-0.2, -0.15) is 0 Å². The SMILES string of the molecule is c1ccc(-c2ccc(-n3c4ccccc4c4ccc5c6ccccc6n(-c6ccc(-c7ccccc7)cc6)c5c43)cc2)cc1. The summed E-state index contributed by atoms with van der Waals surface area (Å²) in [5.74, 6) is 0. The molecule has 2 nitrogen and oxygen atoms in total. The Labute approximate surface area is 255 Å². The van der Waals surface area contributed by atoms with Crippen LogP contribution in [0.5, 0.6) is 0 Å². The van der Waals surface area contributed by atoms with E-state index in [2.05, 4.69) is 179 Å². The number of fused-ring (bicyclic) bond motifs is 7. The lowest BCUT2D eigenvalue weighted by atomic mass is 10.1. The van der Waals surface area contributed by atoms with E-state index in [0.717, 1.165) is 11.4 Å². The van der Waals surface area contributed by atoms with Crippen molar-refractivity contribution in [1.29, 1.82) is 0 Å². The summed E-state index contributed by atoms with van der Waals surface area (Å²) in [6.07, 6.45) is 0. The summed E-state index contributed by atoms with van der Waals surface area (Å²) < 4.78 is 4.91. The third kappa shape index (κ3) is 3.75. The molecule has 9 rings (SSSR count). The second-order valence-corrected chi connectivity index (χ2v) is 11.4. The Morgan fingerprint density at radius 3 is 1.00 bits per heavy atom. The van der Waals surface area contributed by atoms with E-state index >= 15 is 0 Å². The summed E-state index contributed by atoms with van der Waals surface area (Å²) in [4.78, 5) is 0. The summed E-state index contributed by atoms with van der Waals surface area (Å²) in [5, 5.41) is 5.02. The minimum Gasteiger partial charge on any atom is -0.307 e. The normalized spacial score (nSPS) is 11.6. The van der Waals surface area contributed by atoms with Gasteiger partial charge >= 0.3 is 0 Å². The van der Waals surface area contributed by atoms with Gasteiger partial charge in [-0.05, 0) is 58.7 Å². The molecule has 206 valence electrons. The van der Waals surface area contributed by atoms with Crippen LogP contribution in [0, 0.1) is 0 Å². The average Bonchev–Trinajstić information content (AvgIpc) is 3.62. The van der Waals surface area contributed by atoms with Crippen molar-refractivity contribution in [3.63, 3.8) is 0 Å². The van der Waals surface area contributed by atoms with Crippen molar-refractivity contribution < 1.29 is 0 Å². The highest BCUT2D eigenvalue weighted by atomic mass is 15.0. The molecule has 44 heavy (non-hydrogen) atoms. The molecule has 0 fully saturated rings. The van der Waals surface area contributed by atoms with Crippen LogP contribution in [0.1, 0.15) is 0 Å². The molecule has 2 heterocycles. The van der Waals surface area contributed by atoms with E-state index in [-0.39, 0.29) is 0 Å². The molecular formula is C42H28N2. The molecule has 7 aromatic carbocycles. The fourth-order valence-corrected chi connectivity index (χ4v) is 6.90. The number of hydrogen-bond donors (Lipinski definition) is 0. The Kier molecular flexibility index (Phi) is 5.54. The molecule has 0 N–H and O–H groups in total. The lowest BCUT2D eigenvalue weighted by Gasteiger charge is -2.13. The fourth-order valence-electron chi connectivity index (χ4n) is 6.90. The van der Waals surface area contributed by atoms with Gasteiger partial charge in [-0.1, -0.05) is 133 Å². The zero-order chi connectivity index (χ0) is 29.0. The van der Waals surface area contributed by atoms with Crippen molar-refractivity contribution in [2.24, 2.45) is 0 Å². The largest absolute Gasteiger partial charge is 0.307 e. The van der Waals surface area contributed by atoms with Crippen LogP contribution in [0.15, 0.2) is 170 Å². The monoisotopic (exact) mass is 560 g/mol. The maximum absolute atomic E-state index is 2.45. The van der Waals surface area contributed by atoms with E-state index in [4.69, 9.17) is 0 Å². The second-order valence-electron chi connectivity index (χ2n) is 11.4. The smallest absolute Gasteiger partial charge is 0.0788 e. The number of benzene rings is 7. The predicted octanol–water partition coefficient (Wildman–Crippen LogP) is 11.2. The van der Waals surface area contributed by atoms with Crippen LogP contribution in [0.2, 0.25) is 0 Å². The Morgan fingerprint density at radius 2 is 0.591 bits per heavy atom. The van der Waals surface area contributed by atoms with Gasteiger partial charge in [-0.25, -0.2) is 0 Å². The topological polar surface area (TPSA) is 9.86 Å². The molecule has 2 aromatic heterocycles. The number of nitrogens with zero attached hydrogens (tertiary/aromatic N) is 2. The van der Waals surface area contributed by atoms with Gasteiger partial charge in [-0.3, -0.25) is 0 Å². The first-order valence-electron chi connectivity index (χ1n) is 15.1. The minimum atomic E-state index is 1.15. The third-order valence-electron chi connectivity index (χ3n) is 8.93. The molecule has 0 saturated carbocycles. The first-order chi connectivity index (χ1) is 21.8. The van der Waals surface area contributed by atoms with Crippen molar-refractivity contribution >= 4 is 43.6 Å². The van der Waals surface area contributed by atoms with E-state index in [1.54, 1.807) is 0 Å². The van der Waals surface area contributed by atoms with E-state index in [0.29, 0.717) is 0 Å². The van der Waals surface area contributed by atoms with Crippen molar-refractivity contribution in [2.45, 2.75) is 0 Å². The van der Waals surface area contributed by atoms with E-state index in [9.17, 15) is 0 Å². The number of rotatable bonds is 4. The molecule has 0 amide bonds. The van der Waals surface area contributed by atoms with Gasteiger partial charge in [-0.15, -0.1) is 0 Å². The summed E-state index contributed by atoms with van der Waals surface area (Å²) >= 11 is 0. The first-order valence-corrected chi connectivity index (χ1v) is 15.1. The van der Waals surface area contributed by atoms with Crippen LogP contribution in [-0.2, 0) is 0 Å². The third-order valence-corrected chi connectivity index (χ3v) is 8.93. The Hall–Kier alpha value is -5.86.